The first-order chi connectivity index (χ1) is 9.50. The van der Waals surface area contributed by atoms with Gasteiger partial charge in [0.05, 0.1) is 24.1 Å². The minimum atomic E-state index is -0.850. The molecular formula is C14H21N3O3. The maximum atomic E-state index is 12.5. The fourth-order valence-corrected chi connectivity index (χ4v) is 2.88. The van der Waals surface area contributed by atoms with Crippen molar-refractivity contribution in [3.05, 3.63) is 18.0 Å². The topological polar surface area (TPSA) is 75.4 Å². The fourth-order valence-electron chi connectivity index (χ4n) is 2.88. The molecule has 1 saturated carbocycles. The van der Waals surface area contributed by atoms with Crippen LogP contribution in [0.15, 0.2) is 12.3 Å². The second-order valence-corrected chi connectivity index (χ2v) is 5.48. The molecule has 20 heavy (non-hydrogen) atoms. The van der Waals surface area contributed by atoms with Crippen LogP contribution >= 0.6 is 0 Å². The standard InChI is InChI=1S/C14H21N3O3/c1-16(9-10-7-8-15-17(10)2)13(18)11-5-3-4-6-12(11)14(19)20/h7-8,11-12H,3-6,9H2,1-2H3,(H,19,20)/t11-,12+/m1/s1. The first kappa shape index (κ1) is 14.6. The Kier molecular flexibility index (Phi) is 4.42. The summed E-state index contributed by atoms with van der Waals surface area (Å²) in [5.74, 6) is -1.85. The number of carbonyl (C=O) groups excluding carboxylic acids is 1. The number of aliphatic carboxylic acids is 1. The summed E-state index contributed by atoms with van der Waals surface area (Å²) in [6.45, 7) is 0.457. The van der Waals surface area contributed by atoms with Gasteiger partial charge in [0.15, 0.2) is 0 Å². The van der Waals surface area contributed by atoms with Crippen LogP contribution in [0.3, 0.4) is 0 Å². The second kappa shape index (κ2) is 6.07. The van der Waals surface area contributed by atoms with Gasteiger partial charge in [-0.1, -0.05) is 12.8 Å². The molecule has 2 atom stereocenters. The summed E-state index contributed by atoms with van der Waals surface area (Å²) in [7, 11) is 3.55. The van der Waals surface area contributed by atoms with Gasteiger partial charge in [0, 0.05) is 20.3 Å². The van der Waals surface area contributed by atoms with Crippen molar-refractivity contribution in [2.45, 2.75) is 32.2 Å². The maximum absolute atomic E-state index is 12.5. The molecule has 1 aromatic rings. The van der Waals surface area contributed by atoms with Gasteiger partial charge in [0.1, 0.15) is 0 Å². The lowest BCUT2D eigenvalue weighted by atomic mass is 9.78. The Morgan fingerprint density at radius 3 is 2.60 bits per heavy atom. The van der Waals surface area contributed by atoms with E-state index in [0.717, 1.165) is 18.5 Å². The zero-order chi connectivity index (χ0) is 14.7. The van der Waals surface area contributed by atoms with Gasteiger partial charge in [-0.05, 0) is 18.9 Å². The van der Waals surface area contributed by atoms with Crippen molar-refractivity contribution >= 4 is 11.9 Å². The molecule has 0 saturated heterocycles. The summed E-state index contributed by atoms with van der Waals surface area (Å²) in [5, 5.41) is 13.3. The summed E-state index contributed by atoms with van der Waals surface area (Å²) in [5.41, 5.74) is 0.934. The summed E-state index contributed by atoms with van der Waals surface area (Å²) in [4.78, 5) is 25.4. The van der Waals surface area contributed by atoms with E-state index in [1.165, 1.54) is 0 Å². The molecule has 0 aliphatic heterocycles. The molecule has 1 amide bonds. The Bertz CT molecular complexity index is 498. The molecule has 1 aliphatic rings. The van der Waals surface area contributed by atoms with Crippen molar-refractivity contribution in [3.8, 4) is 0 Å². The van der Waals surface area contributed by atoms with E-state index in [9.17, 15) is 14.7 Å². The van der Waals surface area contributed by atoms with Gasteiger partial charge in [0.25, 0.3) is 0 Å². The minimum absolute atomic E-state index is 0.0710. The van der Waals surface area contributed by atoms with Crippen LogP contribution in [0.4, 0.5) is 0 Å². The highest BCUT2D eigenvalue weighted by molar-refractivity contribution is 5.84. The number of carbonyl (C=O) groups is 2. The highest BCUT2D eigenvalue weighted by Crippen LogP contribution is 2.31. The molecule has 1 heterocycles. The van der Waals surface area contributed by atoms with Crippen LogP contribution in [-0.4, -0.2) is 38.7 Å². The van der Waals surface area contributed by atoms with Gasteiger partial charge in [-0.15, -0.1) is 0 Å². The van der Waals surface area contributed by atoms with Gasteiger partial charge >= 0.3 is 5.97 Å². The minimum Gasteiger partial charge on any atom is -0.481 e. The Balaban J connectivity index is 2.05. The summed E-state index contributed by atoms with van der Waals surface area (Å²) >= 11 is 0. The molecule has 0 aromatic carbocycles. The Labute approximate surface area is 118 Å². The molecular weight excluding hydrogens is 258 g/mol. The molecule has 6 heteroatoms. The number of aryl methyl sites for hydroxylation is 1. The van der Waals surface area contributed by atoms with Crippen molar-refractivity contribution in [1.82, 2.24) is 14.7 Å². The first-order valence-corrected chi connectivity index (χ1v) is 6.95. The van der Waals surface area contributed by atoms with Gasteiger partial charge in [-0.2, -0.15) is 5.10 Å². The summed E-state index contributed by atoms with van der Waals surface area (Å²) in [6.07, 6.45) is 4.79. The number of nitrogens with zero attached hydrogens (tertiary/aromatic N) is 3. The Morgan fingerprint density at radius 1 is 1.40 bits per heavy atom. The number of aromatic nitrogens is 2. The molecule has 1 N–H and O–H groups in total. The van der Waals surface area contributed by atoms with Gasteiger partial charge < -0.3 is 10.0 Å². The molecule has 2 rings (SSSR count). The van der Waals surface area contributed by atoms with Gasteiger partial charge in [-0.25, -0.2) is 0 Å². The summed E-state index contributed by atoms with van der Waals surface area (Å²) < 4.78 is 1.72. The molecule has 0 bridgehead atoms. The second-order valence-electron chi connectivity index (χ2n) is 5.48. The Morgan fingerprint density at radius 2 is 2.05 bits per heavy atom. The zero-order valence-corrected chi connectivity index (χ0v) is 12.0. The predicted molar refractivity (Wildman–Crippen MR) is 72.8 cm³/mol. The third kappa shape index (κ3) is 3.00. The highest BCUT2D eigenvalue weighted by Gasteiger charge is 2.37. The van der Waals surface area contributed by atoms with Crippen LogP contribution in [0.25, 0.3) is 0 Å². The number of carboxylic acid groups (broad SMARTS) is 1. The smallest absolute Gasteiger partial charge is 0.307 e. The van der Waals surface area contributed by atoms with Crippen molar-refractivity contribution in [3.63, 3.8) is 0 Å². The van der Waals surface area contributed by atoms with E-state index in [4.69, 9.17) is 0 Å². The predicted octanol–water partition coefficient (Wildman–Crippen LogP) is 1.27. The maximum Gasteiger partial charge on any atom is 0.307 e. The molecule has 0 spiro atoms. The number of carboxylic acids is 1. The molecule has 1 fully saturated rings. The van der Waals surface area contributed by atoms with E-state index in [2.05, 4.69) is 5.10 Å². The first-order valence-electron chi connectivity index (χ1n) is 6.95. The van der Waals surface area contributed by atoms with Crippen LogP contribution in [0.5, 0.6) is 0 Å². The number of hydrogen-bond donors (Lipinski definition) is 1. The molecule has 1 aliphatic carbocycles. The lowest BCUT2D eigenvalue weighted by Crippen LogP contribution is -2.40. The van der Waals surface area contributed by atoms with Gasteiger partial charge in [0.2, 0.25) is 5.91 Å². The lowest BCUT2D eigenvalue weighted by Gasteiger charge is -2.31. The van der Waals surface area contributed by atoms with Crippen molar-refractivity contribution in [1.29, 1.82) is 0 Å². The van der Waals surface area contributed by atoms with E-state index in [1.807, 2.05) is 13.1 Å². The van der Waals surface area contributed by atoms with Crippen molar-refractivity contribution in [2.75, 3.05) is 7.05 Å². The molecule has 0 unspecified atom stereocenters. The van der Waals surface area contributed by atoms with E-state index in [1.54, 1.807) is 22.8 Å². The van der Waals surface area contributed by atoms with E-state index < -0.39 is 11.9 Å². The van der Waals surface area contributed by atoms with Crippen molar-refractivity contribution in [2.24, 2.45) is 18.9 Å². The van der Waals surface area contributed by atoms with Crippen LogP contribution in [0, 0.1) is 11.8 Å². The van der Waals surface area contributed by atoms with Crippen LogP contribution in [-0.2, 0) is 23.2 Å². The largest absolute Gasteiger partial charge is 0.481 e. The summed E-state index contributed by atoms with van der Waals surface area (Å²) in [6, 6.07) is 1.86. The monoisotopic (exact) mass is 279 g/mol. The molecule has 6 nitrogen and oxygen atoms in total. The highest BCUT2D eigenvalue weighted by atomic mass is 16.4. The van der Waals surface area contributed by atoms with Gasteiger partial charge in [-0.3, -0.25) is 14.3 Å². The normalized spacial score (nSPS) is 22.5. The molecule has 1 aromatic heterocycles. The third-order valence-electron chi connectivity index (χ3n) is 4.10. The Hall–Kier alpha value is -1.85. The number of amides is 1. The third-order valence-corrected chi connectivity index (χ3v) is 4.10. The van der Waals surface area contributed by atoms with Crippen LogP contribution in [0.2, 0.25) is 0 Å². The number of hydrogen-bond acceptors (Lipinski definition) is 3. The SMILES string of the molecule is CN(Cc1ccnn1C)C(=O)[C@@H]1CCCC[C@@H]1C(=O)O. The average molecular weight is 279 g/mol. The fraction of sp³-hybridized carbons (Fsp3) is 0.643. The zero-order valence-electron chi connectivity index (χ0n) is 12.0. The van der Waals surface area contributed by atoms with E-state index in [-0.39, 0.29) is 11.8 Å². The number of rotatable bonds is 4. The van der Waals surface area contributed by atoms with Crippen molar-refractivity contribution < 1.29 is 14.7 Å². The molecule has 0 radical (unpaired) electrons. The van der Waals surface area contributed by atoms with Crippen LogP contribution < -0.4 is 0 Å². The van der Waals surface area contributed by atoms with Crippen LogP contribution in [0.1, 0.15) is 31.4 Å². The lowest BCUT2D eigenvalue weighted by molar-refractivity contribution is -0.152. The van der Waals surface area contributed by atoms with E-state index >= 15 is 0 Å². The average Bonchev–Trinajstić information content (AvgIpc) is 2.83. The van der Waals surface area contributed by atoms with E-state index in [0.29, 0.717) is 19.4 Å². The molecule has 110 valence electrons. The quantitative estimate of drug-likeness (QED) is 0.900.